The summed E-state index contributed by atoms with van der Waals surface area (Å²) < 4.78 is 0. The van der Waals surface area contributed by atoms with Crippen LogP contribution in [-0.2, 0) is 11.2 Å². The van der Waals surface area contributed by atoms with Gasteiger partial charge in [0.15, 0.2) is 5.78 Å². The Morgan fingerprint density at radius 2 is 1.82 bits per heavy atom. The van der Waals surface area contributed by atoms with Crippen LogP contribution in [0.15, 0.2) is 41.8 Å². The minimum absolute atomic E-state index is 0.0838. The Morgan fingerprint density at radius 1 is 1.07 bits per heavy atom. The molecule has 5 heteroatoms. The van der Waals surface area contributed by atoms with Crippen LogP contribution in [0.5, 0.6) is 0 Å². The highest BCUT2D eigenvalue weighted by molar-refractivity contribution is 7.10. The number of fused-ring (bicyclic) bond motifs is 1. The van der Waals surface area contributed by atoms with E-state index in [0.717, 1.165) is 50.9 Å². The van der Waals surface area contributed by atoms with E-state index in [4.69, 9.17) is 0 Å². The molecule has 148 valence electrons. The molecule has 4 rings (SSSR count). The van der Waals surface area contributed by atoms with Crippen molar-refractivity contribution >= 4 is 23.0 Å². The van der Waals surface area contributed by atoms with E-state index in [-0.39, 0.29) is 23.7 Å². The first-order chi connectivity index (χ1) is 13.7. The van der Waals surface area contributed by atoms with E-state index in [2.05, 4.69) is 28.2 Å². The molecule has 0 N–H and O–H groups in total. The van der Waals surface area contributed by atoms with Crippen molar-refractivity contribution in [3.63, 3.8) is 0 Å². The standard InChI is InChI=1S/C23H28N2O2S/c1-2-20-19-11-15-28-21(19)10-14-25(20)22(26)16-24-12-8-18(9-13-24)23(27)17-6-4-3-5-7-17/h3-7,11,15,18,20H,2,8-10,12-14,16H2,1H3. The van der Waals surface area contributed by atoms with Crippen molar-refractivity contribution in [2.75, 3.05) is 26.2 Å². The first-order valence-corrected chi connectivity index (χ1v) is 11.2. The molecule has 0 spiro atoms. The van der Waals surface area contributed by atoms with E-state index in [1.54, 1.807) is 0 Å². The molecule has 2 aliphatic rings. The van der Waals surface area contributed by atoms with Crippen molar-refractivity contribution in [2.24, 2.45) is 5.92 Å². The largest absolute Gasteiger partial charge is 0.334 e. The number of hydrogen-bond donors (Lipinski definition) is 0. The lowest BCUT2D eigenvalue weighted by atomic mass is 9.89. The summed E-state index contributed by atoms with van der Waals surface area (Å²) in [5, 5.41) is 2.15. The highest BCUT2D eigenvalue weighted by Crippen LogP contribution is 2.35. The van der Waals surface area contributed by atoms with Gasteiger partial charge in [-0.1, -0.05) is 37.3 Å². The molecule has 0 bridgehead atoms. The fraction of sp³-hybridized carbons (Fsp3) is 0.478. The van der Waals surface area contributed by atoms with Crippen molar-refractivity contribution in [1.82, 2.24) is 9.80 Å². The lowest BCUT2D eigenvalue weighted by Gasteiger charge is -2.38. The molecule has 4 nitrogen and oxygen atoms in total. The SMILES string of the molecule is CCC1c2ccsc2CCN1C(=O)CN1CCC(C(=O)c2ccccc2)CC1. The quantitative estimate of drug-likeness (QED) is 0.712. The number of thiophene rings is 1. The van der Waals surface area contributed by atoms with Crippen molar-refractivity contribution in [2.45, 2.75) is 38.6 Å². The number of carbonyl (C=O) groups excluding carboxylic acids is 2. The molecule has 1 atom stereocenters. The minimum atomic E-state index is 0.0838. The molecule has 0 radical (unpaired) electrons. The Morgan fingerprint density at radius 3 is 2.54 bits per heavy atom. The first kappa shape index (κ1) is 19.3. The Balaban J connectivity index is 1.32. The second-order valence-corrected chi connectivity index (χ2v) is 8.84. The molecular formula is C23H28N2O2S. The van der Waals surface area contributed by atoms with Gasteiger partial charge in [0.1, 0.15) is 0 Å². The maximum Gasteiger partial charge on any atom is 0.237 e. The van der Waals surface area contributed by atoms with Gasteiger partial charge in [-0.05, 0) is 55.8 Å². The van der Waals surface area contributed by atoms with Crippen molar-refractivity contribution < 1.29 is 9.59 Å². The molecular weight excluding hydrogens is 368 g/mol. The number of piperidine rings is 1. The Hall–Kier alpha value is -1.98. The van der Waals surface area contributed by atoms with Crippen LogP contribution in [0.3, 0.4) is 0 Å². The second-order valence-electron chi connectivity index (χ2n) is 7.84. The molecule has 1 fully saturated rings. The predicted octanol–water partition coefficient (Wildman–Crippen LogP) is 4.18. The van der Waals surface area contributed by atoms with Gasteiger partial charge >= 0.3 is 0 Å². The smallest absolute Gasteiger partial charge is 0.237 e. The fourth-order valence-electron chi connectivity index (χ4n) is 4.61. The van der Waals surface area contributed by atoms with Crippen LogP contribution in [0.2, 0.25) is 0 Å². The van der Waals surface area contributed by atoms with E-state index < -0.39 is 0 Å². The lowest BCUT2D eigenvalue weighted by molar-refractivity contribution is -0.135. The average Bonchev–Trinajstić information content (AvgIpc) is 3.22. The van der Waals surface area contributed by atoms with Crippen LogP contribution in [0.4, 0.5) is 0 Å². The summed E-state index contributed by atoms with van der Waals surface area (Å²) in [6, 6.07) is 12.0. The van der Waals surface area contributed by atoms with Gasteiger partial charge in [-0.2, -0.15) is 0 Å². The van der Waals surface area contributed by atoms with Gasteiger partial charge < -0.3 is 4.90 Å². The fourth-order valence-corrected chi connectivity index (χ4v) is 5.54. The third kappa shape index (κ3) is 3.91. The number of hydrogen-bond acceptors (Lipinski definition) is 4. The van der Waals surface area contributed by atoms with Crippen molar-refractivity contribution in [3.8, 4) is 0 Å². The summed E-state index contributed by atoms with van der Waals surface area (Å²) in [7, 11) is 0. The predicted molar refractivity (Wildman–Crippen MR) is 113 cm³/mol. The molecule has 28 heavy (non-hydrogen) atoms. The average molecular weight is 397 g/mol. The maximum absolute atomic E-state index is 13.0. The molecule has 1 amide bonds. The van der Waals surface area contributed by atoms with Crippen molar-refractivity contribution in [3.05, 3.63) is 57.8 Å². The monoisotopic (exact) mass is 396 g/mol. The number of benzene rings is 1. The van der Waals surface area contributed by atoms with E-state index in [0.29, 0.717) is 6.54 Å². The number of rotatable bonds is 5. The Labute approximate surface area is 171 Å². The van der Waals surface area contributed by atoms with Crippen LogP contribution in [-0.4, -0.2) is 47.7 Å². The molecule has 1 aromatic heterocycles. The van der Waals surface area contributed by atoms with E-state index in [9.17, 15) is 9.59 Å². The summed E-state index contributed by atoms with van der Waals surface area (Å²) in [5.74, 6) is 0.565. The third-order valence-electron chi connectivity index (χ3n) is 6.18. The Bertz CT molecular complexity index is 824. The van der Waals surface area contributed by atoms with Gasteiger partial charge in [-0.25, -0.2) is 0 Å². The highest BCUT2D eigenvalue weighted by atomic mass is 32.1. The summed E-state index contributed by atoms with van der Waals surface area (Å²) in [6.07, 6.45) is 3.62. The van der Waals surface area contributed by atoms with Gasteiger partial charge in [0, 0.05) is 22.9 Å². The maximum atomic E-state index is 13.0. The van der Waals surface area contributed by atoms with E-state index in [1.165, 1.54) is 10.4 Å². The van der Waals surface area contributed by atoms with Gasteiger partial charge in [-0.3, -0.25) is 14.5 Å². The number of carbonyl (C=O) groups is 2. The normalized spacial score (nSPS) is 20.8. The van der Waals surface area contributed by atoms with Gasteiger partial charge in [0.2, 0.25) is 5.91 Å². The van der Waals surface area contributed by atoms with Crippen molar-refractivity contribution in [1.29, 1.82) is 0 Å². The topological polar surface area (TPSA) is 40.6 Å². The number of amides is 1. The molecule has 0 saturated carbocycles. The zero-order chi connectivity index (χ0) is 19.5. The molecule has 3 heterocycles. The minimum Gasteiger partial charge on any atom is -0.334 e. The molecule has 2 aliphatic heterocycles. The number of Topliss-reactive ketones (excluding diaryl/α,β-unsaturated/α-hetero) is 1. The molecule has 1 unspecified atom stereocenters. The zero-order valence-electron chi connectivity index (χ0n) is 16.5. The molecule has 2 aromatic rings. The summed E-state index contributed by atoms with van der Waals surface area (Å²) in [4.78, 5) is 31.4. The Kier molecular flexibility index (Phi) is 5.93. The summed E-state index contributed by atoms with van der Waals surface area (Å²) >= 11 is 1.81. The van der Waals surface area contributed by atoms with Crippen LogP contribution in [0, 0.1) is 5.92 Å². The van der Waals surface area contributed by atoms with Gasteiger partial charge in [0.25, 0.3) is 0 Å². The second kappa shape index (κ2) is 8.58. The van der Waals surface area contributed by atoms with Gasteiger partial charge in [0.05, 0.1) is 12.6 Å². The number of ketones is 1. The lowest BCUT2D eigenvalue weighted by Crippen LogP contribution is -2.47. The summed E-state index contributed by atoms with van der Waals surface area (Å²) in [6.45, 7) is 5.11. The number of likely N-dealkylation sites (tertiary alicyclic amines) is 1. The molecule has 1 aromatic carbocycles. The van der Waals surface area contributed by atoms with Crippen LogP contribution < -0.4 is 0 Å². The van der Waals surface area contributed by atoms with Gasteiger partial charge in [-0.15, -0.1) is 11.3 Å². The van der Waals surface area contributed by atoms with Crippen LogP contribution in [0.25, 0.3) is 0 Å². The first-order valence-electron chi connectivity index (χ1n) is 10.3. The third-order valence-corrected chi connectivity index (χ3v) is 7.17. The number of nitrogens with zero attached hydrogens (tertiary/aromatic N) is 2. The molecule has 1 saturated heterocycles. The summed E-state index contributed by atoms with van der Waals surface area (Å²) in [5.41, 5.74) is 2.15. The zero-order valence-corrected chi connectivity index (χ0v) is 17.3. The molecule has 0 aliphatic carbocycles. The van der Waals surface area contributed by atoms with Crippen LogP contribution >= 0.6 is 11.3 Å². The van der Waals surface area contributed by atoms with E-state index in [1.807, 2.05) is 41.7 Å². The van der Waals surface area contributed by atoms with Crippen LogP contribution in [0.1, 0.15) is 53.0 Å². The highest BCUT2D eigenvalue weighted by Gasteiger charge is 2.32. The van der Waals surface area contributed by atoms with E-state index >= 15 is 0 Å².